The maximum Gasteiger partial charge on any atom is 0.133 e. The highest BCUT2D eigenvalue weighted by atomic mass is 16.3. The quantitative estimate of drug-likeness (QED) is 0.866. The van der Waals surface area contributed by atoms with E-state index in [9.17, 15) is 5.11 Å². The first-order valence-electron chi connectivity index (χ1n) is 6.61. The molecule has 0 aliphatic heterocycles. The molecule has 19 heavy (non-hydrogen) atoms. The number of hydrogen-bond acceptors (Lipinski definition) is 2. The molecular weight excluding hydrogens is 234 g/mol. The van der Waals surface area contributed by atoms with Gasteiger partial charge in [-0.1, -0.05) is 36.8 Å². The lowest BCUT2D eigenvalue weighted by Gasteiger charge is -2.26. The van der Waals surface area contributed by atoms with Crippen LogP contribution in [0, 0.1) is 11.3 Å². The van der Waals surface area contributed by atoms with Crippen molar-refractivity contribution in [1.29, 1.82) is 5.26 Å². The van der Waals surface area contributed by atoms with E-state index in [1.165, 1.54) is 24.8 Å². The number of nitrogens with zero attached hydrogens (tertiary/aromatic N) is 1. The topological polar surface area (TPSA) is 44.0 Å². The summed E-state index contributed by atoms with van der Waals surface area (Å²) in [6.07, 6.45) is 3.89. The fourth-order valence-corrected chi connectivity index (χ4v) is 2.52. The van der Waals surface area contributed by atoms with Crippen LogP contribution in [0.15, 0.2) is 42.5 Å². The minimum absolute atomic E-state index is 0.0430. The van der Waals surface area contributed by atoms with Crippen LogP contribution in [0.25, 0.3) is 11.1 Å². The number of rotatable bonds is 2. The van der Waals surface area contributed by atoms with E-state index in [1.54, 1.807) is 12.1 Å². The third kappa shape index (κ3) is 2.20. The first kappa shape index (κ1) is 11.8. The van der Waals surface area contributed by atoms with E-state index in [0.29, 0.717) is 11.5 Å². The molecule has 0 amide bonds. The molecule has 0 atom stereocenters. The van der Waals surface area contributed by atoms with Gasteiger partial charge in [0.1, 0.15) is 11.8 Å². The maximum atomic E-state index is 9.55. The molecule has 1 aliphatic rings. The normalized spacial score (nSPS) is 14.7. The zero-order valence-corrected chi connectivity index (χ0v) is 10.6. The molecule has 1 fully saturated rings. The molecule has 2 aromatic rings. The Hall–Kier alpha value is -2.27. The van der Waals surface area contributed by atoms with Gasteiger partial charge in [-0.2, -0.15) is 5.26 Å². The van der Waals surface area contributed by atoms with Gasteiger partial charge < -0.3 is 5.11 Å². The lowest BCUT2D eigenvalue weighted by Crippen LogP contribution is -2.08. The molecule has 0 unspecified atom stereocenters. The number of benzene rings is 2. The summed E-state index contributed by atoms with van der Waals surface area (Å²) in [5, 5.41) is 18.5. The molecule has 2 nitrogen and oxygen atoms in total. The average Bonchev–Trinajstić information content (AvgIpc) is 2.38. The Labute approximate surface area is 112 Å². The lowest BCUT2D eigenvalue weighted by molar-refractivity contribution is 0.420. The Bertz CT molecular complexity index is 651. The van der Waals surface area contributed by atoms with Gasteiger partial charge >= 0.3 is 0 Å². The molecule has 1 N–H and O–H groups in total. The predicted octanol–water partition coefficient (Wildman–Crippen LogP) is 4.20. The molecule has 3 rings (SSSR count). The van der Waals surface area contributed by atoms with Crippen molar-refractivity contribution in [3.8, 4) is 22.9 Å². The molecular formula is C17H15NO. The highest BCUT2D eigenvalue weighted by Crippen LogP contribution is 2.37. The van der Waals surface area contributed by atoms with Crippen molar-refractivity contribution >= 4 is 0 Å². The molecule has 1 saturated carbocycles. The van der Waals surface area contributed by atoms with Crippen LogP contribution >= 0.6 is 0 Å². The standard InChI is InChI=1S/C17H15NO/c18-11-16-10-15(7-8-17(16)19)14-6-2-5-13(9-14)12-3-1-4-12/h2,5-10,12,19H,1,3-4H2. The van der Waals surface area contributed by atoms with Gasteiger partial charge in [0.25, 0.3) is 0 Å². The van der Waals surface area contributed by atoms with Crippen LogP contribution in [0.4, 0.5) is 0 Å². The van der Waals surface area contributed by atoms with E-state index in [0.717, 1.165) is 11.1 Å². The molecule has 1 aliphatic carbocycles. The molecule has 0 spiro atoms. The molecule has 2 heteroatoms. The summed E-state index contributed by atoms with van der Waals surface area (Å²) in [5.41, 5.74) is 3.80. The van der Waals surface area contributed by atoms with Gasteiger partial charge in [-0.15, -0.1) is 0 Å². The van der Waals surface area contributed by atoms with Gasteiger partial charge in [0.2, 0.25) is 0 Å². The van der Waals surface area contributed by atoms with E-state index in [2.05, 4.69) is 24.3 Å². The van der Waals surface area contributed by atoms with E-state index in [4.69, 9.17) is 5.26 Å². The fourth-order valence-electron chi connectivity index (χ4n) is 2.52. The minimum atomic E-state index is 0.0430. The molecule has 0 saturated heterocycles. The number of nitriles is 1. The predicted molar refractivity (Wildman–Crippen MR) is 74.8 cm³/mol. The summed E-state index contributed by atoms with van der Waals surface area (Å²) in [4.78, 5) is 0. The molecule has 0 heterocycles. The first-order valence-corrected chi connectivity index (χ1v) is 6.61. The van der Waals surface area contributed by atoms with Crippen LogP contribution in [0.1, 0.15) is 36.3 Å². The van der Waals surface area contributed by atoms with Crippen LogP contribution < -0.4 is 0 Å². The van der Waals surface area contributed by atoms with Crippen LogP contribution in [0.5, 0.6) is 5.75 Å². The summed E-state index contributed by atoms with van der Waals surface area (Å²) >= 11 is 0. The van der Waals surface area contributed by atoms with Crippen LogP contribution in [-0.2, 0) is 0 Å². The van der Waals surface area contributed by atoms with Crippen LogP contribution in [0.2, 0.25) is 0 Å². The van der Waals surface area contributed by atoms with Crippen molar-refractivity contribution < 1.29 is 5.11 Å². The number of phenols is 1. The summed E-state index contributed by atoms with van der Waals surface area (Å²) in [7, 11) is 0. The second-order valence-corrected chi connectivity index (χ2v) is 5.10. The molecule has 2 aromatic carbocycles. The Balaban J connectivity index is 1.99. The zero-order valence-electron chi connectivity index (χ0n) is 10.6. The maximum absolute atomic E-state index is 9.55. The van der Waals surface area contributed by atoms with E-state index in [-0.39, 0.29) is 5.75 Å². The summed E-state index contributed by atoms with van der Waals surface area (Å²) in [6, 6.07) is 15.7. The number of phenolic OH excluding ortho intramolecular Hbond substituents is 1. The van der Waals surface area contributed by atoms with Crippen molar-refractivity contribution in [1.82, 2.24) is 0 Å². The zero-order chi connectivity index (χ0) is 13.2. The van der Waals surface area contributed by atoms with Crippen LogP contribution in [0.3, 0.4) is 0 Å². The minimum Gasteiger partial charge on any atom is -0.507 e. The summed E-state index contributed by atoms with van der Waals surface area (Å²) in [5.74, 6) is 0.744. The highest BCUT2D eigenvalue weighted by molar-refractivity contribution is 5.68. The monoisotopic (exact) mass is 249 g/mol. The second kappa shape index (κ2) is 4.78. The smallest absolute Gasteiger partial charge is 0.133 e. The van der Waals surface area contributed by atoms with Crippen molar-refractivity contribution in [3.63, 3.8) is 0 Å². The molecule has 0 aromatic heterocycles. The van der Waals surface area contributed by atoms with E-state index < -0.39 is 0 Å². The highest BCUT2D eigenvalue weighted by Gasteiger charge is 2.19. The van der Waals surface area contributed by atoms with Gasteiger partial charge in [-0.3, -0.25) is 0 Å². The van der Waals surface area contributed by atoms with Crippen molar-refractivity contribution in [2.45, 2.75) is 25.2 Å². The SMILES string of the molecule is N#Cc1cc(-c2cccc(C3CCC3)c2)ccc1O. The molecule has 94 valence electrons. The molecule has 0 radical (unpaired) electrons. The third-order valence-electron chi connectivity index (χ3n) is 3.91. The van der Waals surface area contributed by atoms with Gasteiger partial charge in [0.05, 0.1) is 5.56 Å². The van der Waals surface area contributed by atoms with Crippen LogP contribution in [-0.4, -0.2) is 5.11 Å². The average molecular weight is 249 g/mol. The summed E-state index contributed by atoms with van der Waals surface area (Å²) < 4.78 is 0. The third-order valence-corrected chi connectivity index (χ3v) is 3.91. The summed E-state index contributed by atoms with van der Waals surface area (Å²) in [6.45, 7) is 0. The van der Waals surface area contributed by atoms with Crippen molar-refractivity contribution in [3.05, 3.63) is 53.6 Å². The fraction of sp³-hybridized carbons (Fsp3) is 0.235. The molecule has 0 bridgehead atoms. The Morgan fingerprint density at radius 3 is 2.53 bits per heavy atom. The Kier molecular flexibility index (Phi) is 2.97. The Morgan fingerprint density at radius 2 is 1.84 bits per heavy atom. The van der Waals surface area contributed by atoms with Crippen molar-refractivity contribution in [2.24, 2.45) is 0 Å². The van der Waals surface area contributed by atoms with Gasteiger partial charge in [-0.05, 0) is 47.6 Å². The van der Waals surface area contributed by atoms with Crippen molar-refractivity contribution in [2.75, 3.05) is 0 Å². The number of aromatic hydroxyl groups is 1. The second-order valence-electron chi connectivity index (χ2n) is 5.10. The van der Waals surface area contributed by atoms with Gasteiger partial charge in [0, 0.05) is 0 Å². The number of hydrogen-bond donors (Lipinski definition) is 1. The lowest BCUT2D eigenvalue weighted by atomic mass is 9.79. The Morgan fingerprint density at radius 1 is 1.05 bits per heavy atom. The van der Waals surface area contributed by atoms with Gasteiger partial charge in [0.15, 0.2) is 0 Å². The first-order chi connectivity index (χ1) is 9.28. The largest absolute Gasteiger partial charge is 0.507 e. The van der Waals surface area contributed by atoms with E-state index >= 15 is 0 Å². The van der Waals surface area contributed by atoms with E-state index in [1.807, 2.05) is 12.1 Å². The van der Waals surface area contributed by atoms with Gasteiger partial charge in [-0.25, -0.2) is 0 Å².